The first-order valence-electron chi connectivity index (χ1n) is 7.95. The van der Waals surface area contributed by atoms with Gasteiger partial charge >= 0.3 is 5.97 Å². The maximum atomic E-state index is 12.1. The van der Waals surface area contributed by atoms with Gasteiger partial charge in [0.1, 0.15) is 5.75 Å². The average molecular weight is 403 g/mol. The van der Waals surface area contributed by atoms with Crippen LogP contribution in [0.4, 0.5) is 5.69 Å². The zero-order valence-corrected chi connectivity index (χ0v) is 15.8. The molecule has 1 atom stereocenters. The molecule has 2 N–H and O–H groups in total. The van der Waals surface area contributed by atoms with E-state index in [0.717, 1.165) is 5.56 Å². The number of halogens is 1. The van der Waals surface area contributed by atoms with Gasteiger partial charge in [0.15, 0.2) is 11.3 Å². The van der Waals surface area contributed by atoms with Gasteiger partial charge in [-0.1, -0.05) is 29.8 Å². The standard InChI is InChI=1S/C19H15ClN2O4S/c1-11(18(24)25)26-15-7-5-12(6-8-15)9-16-17(23)22-19(27-16)21-14-4-2-3-13(20)10-14/h2-11H,1H3,(H,24,25)(H,21,22,23)/b16-9+. The van der Waals surface area contributed by atoms with E-state index in [1.807, 2.05) is 0 Å². The highest BCUT2D eigenvalue weighted by Gasteiger charge is 2.23. The first kappa shape index (κ1) is 19.0. The molecule has 0 saturated carbocycles. The second-order valence-corrected chi connectivity index (χ2v) is 7.10. The van der Waals surface area contributed by atoms with Crippen LogP contribution < -0.4 is 10.1 Å². The van der Waals surface area contributed by atoms with E-state index < -0.39 is 12.1 Å². The molecule has 1 aliphatic heterocycles. The third-order valence-corrected chi connectivity index (χ3v) is 4.67. The van der Waals surface area contributed by atoms with Crippen molar-refractivity contribution in [3.05, 3.63) is 64.0 Å². The number of aliphatic carboxylic acids is 1. The molecule has 1 amide bonds. The first-order valence-corrected chi connectivity index (χ1v) is 9.15. The third kappa shape index (κ3) is 5.12. The second-order valence-electron chi connectivity index (χ2n) is 5.63. The molecule has 0 aliphatic carbocycles. The Morgan fingerprint density at radius 3 is 2.70 bits per heavy atom. The number of aliphatic imine (C=N–C) groups is 1. The van der Waals surface area contributed by atoms with Crippen LogP contribution in [0.3, 0.4) is 0 Å². The number of carboxylic acids is 1. The second kappa shape index (κ2) is 8.28. The van der Waals surface area contributed by atoms with Crippen molar-refractivity contribution in [1.29, 1.82) is 0 Å². The number of thioether (sulfide) groups is 1. The van der Waals surface area contributed by atoms with Gasteiger partial charge in [-0.3, -0.25) is 4.79 Å². The number of carbonyl (C=O) groups excluding carboxylic acids is 1. The van der Waals surface area contributed by atoms with Crippen LogP contribution in [0.15, 0.2) is 58.4 Å². The summed E-state index contributed by atoms with van der Waals surface area (Å²) < 4.78 is 5.28. The van der Waals surface area contributed by atoms with E-state index in [0.29, 0.717) is 26.5 Å². The van der Waals surface area contributed by atoms with Crippen LogP contribution >= 0.6 is 23.4 Å². The number of amidine groups is 1. The van der Waals surface area contributed by atoms with Crippen molar-refractivity contribution in [3.8, 4) is 5.75 Å². The average Bonchev–Trinajstić information content (AvgIpc) is 2.95. The molecule has 1 saturated heterocycles. The monoisotopic (exact) mass is 402 g/mol. The molecule has 1 aliphatic rings. The molecule has 0 aromatic heterocycles. The van der Waals surface area contributed by atoms with E-state index in [9.17, 15) is 9.59 Å². The lowest BCUT2D eigenvalue weighted by atomic mass is 10.2. The molecule has 3 rings (SSSR count). The Kier molecular flexibility index (Phi) is 5.83. The molecule has 0 spiro atoms. The summed E-state index contributed by atoms with van der Waals surface area (Å²) in [7, 11) is 0. The fourth-order valence-electron chi connectivity index (χ4n) is 2.19. The Morgan fingerprint density at radius 1 is 1.30 bits per heavy atom. The van der Waals surface area contributed by atoms with Crippen molar-refractivity contribution in [2.75, 3.05) is 0 Å². The molecule has 6 nitrogen and oxygen atoms in total. The Balaban J connectivity index is 1.72. The summed E-state index contributed by atoms with van der Waals surface area (Å²) >= 11 is 7.17. The van der Waals surface area contributed by atoms with E-state index in [4.69, 9.17) is 21.4 Å². The molecular formula is C19H15ClN2O4S. The number of nitrogens with one attached hydrogen (secondary N) is 1. The normalized spacial score (nSPS) is 17.8. The van der Waals surface area contributed by atoms with Crippen molar-refractivity contribution in [3.63, 3.8) is 0 Å². The topological polar surface area (TPSA) is 88.0 Å². The molecule has 2 aromatic carbocycles. The van der Waals surface area contributed by atoms with Gasteiger partial charge in [0.2, 0.25) is 0 Å². The van der Waals surface area contributed by atoms with Crippen LogP contribution in [-0.4, -0.2) is 28.3 Å². The van der Waals surface area contributed by atoms with Gasteiger partial charge < -0.3 is 15.2 Å². The Bertz CT molecular complexity index is 941. The predicted molar refractivity (Wildman–Crippen MR) is 106 cm³/mol. The minimum absolute atomic E-state index is 0.236. The van der Waals surface area contributed by atoms with Gasteiger partial charge in [0, 0.05) is 5.02 Å². The van der Waals surface area contributed by atoms with Crippen LogP contribution in [0.2, 0.25) is 5.02 Å². The van der Waals surface area contributed by atoms with Crippen molar-refractivity contribution in [1.82, 2.24) is 5.32 Å². The molecule has 1 fully saturated rings. The lowest BCUT2D eigenvalue weighted by Gasteiger charge is -2.10. The summed E-state index contributed by atoms with van der Waals surface area (Å²) in [4.78, 5) is 27.8. The van der Waals surface area contributed by atoms with Crippen molar-refractivity contribution >= 4 is 52.2 Å². The minimum atomic E-state index is -1.04. The summed E-state index contributed by atoms with van der Waals surface area (Å²) in [6.45, 7) is 1.46. The Hall–Kier alpha value is -2.77. The smallest absolute Gasteiger partial charge is 0.344 e. The number of ether oxygens (including phenoxy) is 1. The Morgan fingerprint density at radius 2 is 2.04 bits per heavy atom. The number of amides is 1. The van der Waals surface area contributed by atoms with Crippen LogP contribution in [-0.2, 0) is 9.59 Å². The van der Waals surface area contributed by atoms with Gasteiger partial charge in [-0.15, -0.1) is 0 Å². The van der Waals surface area contributed by atoms with Crippen LogP contribution in [0, 0.1) is 0 Å². The predicted octanol–water partition coefficient (Wildman–Crippen LogP) is 4.08. The van der Waals surface area contributed by atoms with Crippen molar-refractivity contribution in [2.45, 2.75) is 13.0 Å². The molecule has 8 heteroatoms. The van der Waals surface area contributed by atoms with Crippen LogP contribution in [0.5, 0.6) is 5.75 Å². The summed E-state index contributed by atoms with van der Waals surface area (Å²) in [5.74, 6) is -0.828. The summed E-state index contributed by atoms with van der Waals surface area (Å²) in [5, 5.41) is 12.6. The van der Waals surface area contributed by atoms with Gasteiger partial charge in [0.25, 0.3) is 5.91 Å². The van der Waals surface area contributed by atoms with E-state index in [-0.39, 0.29) is 5.91 Å². The van der Waals surface area contributed by atoms with E-state index in [1.165, 1.54) is 18.7 Å². The number of hydrogen-bond acceptors (Lipinski definition) is 5. The molecule has 27 heavy (non-hydrogen) atoms. The molecule has 2 aromatic rings. The zero-order chi connectivity index (χ0) is 19.4. The van der Waals surface area contributed by atoms with Gasteiger partial charge in [-0.05, 0) is 60.7 Å². The van der Waals surface area contributed by atoms with E-state index in [2.05, 4.69) is 10.3 Å². The summed E-state index contributed by atoms with van der Waals surface area (Å²) in [6, 6.07) is 13.8. The highest BCUT2D eigenvalue weighted by Crippen LogP contribution is 2.29. The number of benzene rings is 2. The molecule has 1 heterocycles. The number of carbonyl (C=O) groups is 2. The van der Waals surface area contributed by atoms with E-state index in [1.54, 1.807) is 54.6 Å². The number of nitrogens with zero attached hydrogens (tertiary/aromatic N) is 1. The van der Waals surface area contributed by atoms with Gasteiger partial charge in [-0.2, -0.15) is 0 Å². The van der Waals surface area contributed by atoms with Crippen molar-refractivity contribution in [2.24, 2.45) is 4.99 Å². The molecule has 138 valence electrons. The quantitative estimate of drug-likeness (QED) is 0.735. The molecule has 0 radical (unpaired) electrons. The van der Waals surface area contributed by atoms with Crippen LogP contribution in [0.25, 0.3) is 6.08 Å². The molecular weight excluding hydrogens is 388 g/mol. The Labute approximate surface area is 164 Å². The summed E-state index contributed by atoms with van der Waals surface area (Å²) in [5.41, 5.74) is 1.44. The first-order chi connectivity index (χ1) is 12.9. The minimum Gasteiger partial charge on any atom is -0.479 e. The summed E-state index contributed by atoms with van der Waals surface area (Å²) in [6.07, 6.45) is 0.792. The lowest BCUT2D eigenvalue weighted by molar-refractivity contribution is -0.144. The van der Waals surface area contributed by atoms with E-state index >= 15 is 0 Å². The molecule has 0 bridgehead atoms. The zero-order valence-electron chi connectivity index (χ0n) is 14.2. The number of carboxylic acid groups (broad SMARTS) is 1. The largest absolute Gasteiger partial charge is 0.479 e. The SMILES string of the molecule is CC(Oc1ccc(/C=C2/SC(=Nc3cccc(Cl)c3)NC2=O)cc1)C(=O)O. The number of hydrogen-bond donors (Lipinski definition) is 2. The fraction of sp³-hybridized carbons (Fsp3) is 0.105. The molecule has 1 unspecified atom stereocenters. The van der Waals surface area contributed by atoms with Crippen LogP contribution in [0.1, 0.15) is 12.5 Å². The number of rotatable bonds is 5. The maximum absolute atomic E-state index is 12.1. The third-order valence-electron chi connectivity index (χ3n) is 3.53. The van der Waals surface area contributed by atoms with Gasteiger partial charge in [-0.25, -0.2) is 9.79 Å². The highest BCUT2D eigenvalue weighted by molar-refractivity contribution is 8.18. The lowest BCUT2D eigenvalue weighted by Crippen LogP contribution is -2.22. The van der Waals surface area contributed by atoms with Gasteiger partial charge in [0.05, 0.1) is 10.6 Å². The maximum Gasteiger partial charge on any atom is 0.344 e. The van der Waals surface area contributed by atoms with Crippen molar-refractivity contribution < 1.29 is 19.4 Å². The fourth-order valence-corrected chi connectivity index (χ4v) is 3.22. The highest BCUT2D eigenvalue weighted by atomic mass is 35.5.